The second kappa shape index (κ2) is 7.13. The van der Waals surface area contributed by atoms with Gasteiger partial charge in [-0.05, 0) is 56.8 Å². The highest BCUT2D eigenvalue weighted by molar-refractivity contribution is 7.22. The van der Waals surface area contributed by atoms with Gasteiger partial charge in [-0.2, -0.15) is 5.10 Å². The van der Waals surface area contributed by atoms with E-state index in [2.05, 4.69) is 52.8 Å². The Hall–Kier alpha value is -2.31. The minimum Gasteiger partial charge on any atom is -0.364 e. The first-order valence-corrected chi connectivity index (χ1v) is 9.80. The van der Waals surface area contributed by atoms with E-state index < -0.39 is 5.91 Å². The van der Waals surface area contributed by atoms with E-state index >= 15 is 0 Å². The van der Waals surface area contributed by atoms with Gasteiger partial charge in [-0.25, -0.2) is 0 Å². The molecule has 134 valence electrons. The third-order valence-electron chi connectivity index (χ3n) is 5.04. The molecular weight excluding hydrogens is 344 g/mol. The van der Waals surface area contributed by atoms with E-state index in [1.54, 1.807) is 11.3 Å². The van der Waals surface area contributed by atoms with Crippen molar-refractivity contribution in [2.24, 2.45) is 11.7 Å². The van der Waals surface area contributed by atoms with Crippen LogP contribution >= 0.6 is 11.3 Å². The number of aryl methyl sites for hydroxylation is 1. The van der Waals surface area contributed by atoms with Crippen molar-refractivity contribution in [3.8, 4) is 10.4 Å². The molecule has 2 aromatic heterocycles. The highest BCUT2D eigenvalue weighted by Crippen LogP contribution is 2.37. The van der Waals surface area contributed by atoms with Gasteiger partial charge in [-0.15, -0.1) is 16.4 Å². The number of benzene rings is 1. The molecule has 3 aromatic rings. The van der Waals surface area contributed by atoms with E-state index in [1.165, 1.54) is 5.56 Å². The Morgan fingerprint density at radius 3 is 2.65 bits per heavy atom. The van der Waals surface area contributed by atoms with E-state index in [0.29, 0.717) is 5.92 Å². The number of rotatable bonds is 4. The number of primary amides is 1. The minimum absolute atomic E-state index is 0.275. The van der Waals surface area contributed by atoms with E-state index in [4.69, 9.17) is 5.73 Å². The fourth-order valence-electron chi connectivity index (χ4n) is 3.52. The molecule has 3 heterocycles. The maximum Gasteiger partial charge on any atom is 0.270 e. The molecule has 3 N–H and O–H groups in total. The Morgan fingerprint density at radius 2 is 1.96 bits per heavy atom. The van der Waals surface area contributed by atoms with Gasteiger partial charge in [0.2, 0.25) is 0 Å². The lowest BCUT2D eigenvalue weighted by Gasteiger charge is -2.22. The molecule has 0 radical (unpaired) electrons. The molecule has 4 rings (SSSR count). The van der Waals surface area contributed by atoms with Crippen LogP contribution in [0.15, 0.2) is 30.3 Å². The quantitative estimate of drug-likeness (QED) is 0.742. The Kier molecular flexibility index (Phi) is 4.70. The SMILES string of the molecule is Cc1ccc(-c2cc3c(CC4CCNCC4)nnc(C(N)=O)c3s2)cc1. The number of thiophene rings is 1. The predicted octanol–water partition coefficient (Wildman–Crippen LogP) is 3.31. The monoisotopic (exact) mass is 366 g/mol. The van der Waals surface area contributed by atoms with Crippen LogP contribution in [0, 0.1) is 12.8 Å². The van der Waals surface area contributed by atoms with Crippen molar-refractivity contribution < 1.29 is 4.79 Å². The fourth-order valence-corrected chi connectivity index (χ4v) is 4.70. The Bertz CT molecular complexity index is 942. The molecule has 1 aliphatic heterocycles. The number of amides is 1. The summed E-state index contributed by atoms with van der Waals surface area (Å²) in [6, 6.07) is 10.6. The van der Waals surface area contributed by atoms with Gasteiger partial charge < -0.3 is 11.1 Å². The van der Waals surface area contributed by atoms with Crippen LogP contribution in [-0.4, -0.2) is 29.2 Å². The zero-order valence-corrected chi connectivity index (χ0v) is 15.6. The summed E-state index contributed by atoms with van der Waals surface area (Å²) in [5, 5.41) is 13.0. The first-order chi connectivity index (χ1) is 12.6. The van der Waals surface area contributed by atoms with Gasteiger partial charge in [-0.1, -0.05) is 29.8 Å². The van der Waals surface area contributed by atoms with Crippen molar-refractivity contribution in [3.63, 3.8) is 0 Å². The topological polar surface area (TPSA) is 80.9 Å². The molecule has 6 heteroatoms. The average Bonchev–Trinajstić information content (AvgIpc) is 3.09. The number of aromatic nitrogens is 2. The molecule has 0 saturated carbocycles. The third kappa shape index (κ3) is 3.34. The first kappa shape index (κ1) is 17.1. The van der Waals surface area contributed by atoms with Crippen molar-refractivity contribution in [2.75, 3.05) is 13.1 Å². The summed E-state index contributed by atoms with van der Waals surface area (Å²) in [7, 11) is 0. The van der Waals surface area contributed by atoms with Crippen LogP contribution in [0.4, 0.5) is 0 Å². The molecule has 1 aliphatic rings. The van der Waals surface area contributed by atoms with E-state index in [1.807, 2.05) is 0 Å². The third-order valence-corrected chi connectivity index (χ3v) is 6.23. The van der Waals surface area contributed by atoms with Crippen molar-refractivity contribution in [1.29, 1.82) is 0 Å². The van der Waals surface area contributed by atoms with Gasteiger partial charge >= 0.3 is 0 Å². The lowest BCUT2D eigenvalue weighted by molar-refractivity contribution is 0.0996. The average molecular weight is 366 g/mol. The van der Waals surface area contributed by atoms with Gasteiger partial charge in [0.05, 0.1) is 10.4 Å². The second-order valence-corrected chi connectivity index (χ2v) is 8.03. The predicted molar refractivity (Wildman–Crippen MR) is 105 cm³/mol. The lowest BCUT2D eigenvalue weighted by atomic mass is 9.92. The minimum atomic E-state index is -0.520. The lowest BCUT2D eigenvalue weighted by Crippen LogP contribution is -2.29. The summed E-state index contributed by atoms with van der Waals surface area (Å²) in [5.74, 6) is 0.0872. The Balaban J connectivity index is 1.78. The van der Waals surface area contributed by atoms with E-state index in [0.717, 1.165) is 58.6 Å². The number of nitrogens with two attached hydrogens (primary N) is 1. The molecule has 1 amide bonds. The number of fused-ring (bicyclic) bond motifs is 1. The maximum absolute atomic E-state index is 11.8. The van der Waals surface area contributed by atoms with Crippen LogP contribution in [0.2, 0.25) is 0 Å². The highest BCUT2D eigenvalue weighted by atomic mass is 32.1. The molecular formula is C20H22N4OS. The van der Waals surface area contributed by atoms with Crippen LogP contribution < -0.4 is 11.1 Å². The molecule has 0 bridgehead atoms. The second-order valence-electron chi connectivity index (χ2n) is 6.98. The smallest absolute Gasteiger partial charge is 0.270 e. The van der Waals surface area contributed by atoms with Crippen LogP contribution in [0.3, 0.4) is 0 Å². The molecule has 0 atom stereocenters. The molecule has 0 unspecified atom stereocenters. The van der Waals surface area contributed by atoms with Gasteiger partial charge in [0.25, 0.3) is 5.91 Å². The summed E-state index contributed by atoms with van der Waals surface area (Å²) in [6.07, 6.45) is 3.19. The number of carbonyl (C=O) groups excluding carboxylic acids is 1. The normalized spacial score (nSPS) is 15.4. The number of carbonyl (C=O) groups is 1. The van der Waals surface area contributed by atoms with E-state index in [9.17, 15) is 4.79 Å². The van der Waals surface area contributed by atoms with Gasteiger partial charge in [0.1, 0.15) is 0 Å². The summed E-state index contributed by atoms with van der Waals surface area (Å²) in [6.45, 7) is 4.18. The Labute approximate surface area is 156 Å². The molecule has 1 saturated heterocycles. The van der Waals surface area contributed by atoms with Gasteiger partial charge in [0, 0.05) is 10.3 Å². The van der Waals surface area contributed by atoms with Crippen LogP contribution in [0.25, 0.3) is 20.5 Å². The zero-order valence-electron chi connectivity index (χ0n) is 14.8. The number of nitrogens with one attached hydrogen (secondary N) is 1. The fraction of sp³-hybridized carbons (Fsp3) is 0.350. The summed E-state index contributed by atoms with van der Waals surface area (Å²) in [5.41, 5.74) is 9.16. The first-order valence-electron chi connectivity index (χ1n) is 8.98. The number of hydrogen-bond donors (Lipinski definition) is 2. The van der Waals surface area contributed by atoms with Crippen molar-refractivity contribution in [1.82, 2.24) is 15.5 Å². The number of nitrogens with zero attached hydrogens (tertiary/aromatic N) is 2. The van der Waals surface area contributed by atoms with Gasteiger partial charge in [0.15, 0.2) is 5.69 Å². The Morgan fingerprint density at radius 1 is 1.23 bits per heavy atom. The van der Waals surface area contributed by atoms with Crippen molar-refractivity contribution in [2.45, 2.75) is 26.2 Å². The molecule has 1 fully saturated rings. The zero-order chi connectivity index (χ0) is 18.1. The number of hydrogen-bond acceptors (Lipinski definition) is 5. The molecule has 0 spiro atoms. The molecule has 0 aliphatic carbocycles. The molecule has 26 heavy (non-hydrogen) atoms. The van der Waals surface area contributed by atoms with Gasteiger partial charge in [-0.3, -0.25) is 4.79 Å². The maximum atomic E-state index is 11.8. The molecule has 5 nitrogen and oxygen atoms in total. The van der Waals surface area contributed by atoms with Crippen LogP contribution in [0.1, 0.15) is 34.6 Å². The standard InChI is InChI=1S/C20H22N4OS/c1-12-2-4-14(5-3-12)17-11-15-16(10-13-6-8-22-9-7-13)23-24-18(20(21)25)19(15)26-17/h2-5,11,13,22H,6-10H2,1H3,(H2,21,25). The van der Waals surface area contributed by atoms with Crippen LogP contribution in [0.5, 0.6) is 0 Å². The largest absolute Gasteiger partial charge is 0.364 e. The van der Waals surface area contributed by atoms with E-state index in [-0.39, 0.29) is 5.69 Å². The summed E-state index contributed by atoms with van der Waals surface area (Å²) < 4.78 is 0.854. The van der Waals surface area contributed by atoms with Crippen molar-refractivity contribution in [3.05, 3.63) is 47.3 Å². The summed E-state index contributed by atoms with van der Waals surface area (Å²) >= 11 is 1.57. The number of piperidine rings is 1. The summed E-state index contributed by atoms with van der Waals surface area (Å²) in [4.78, 5) is 12.9. The van der Waals surface area contributed by atoms with Crippen molar-refractivity contribution >= 4 is 27.3 Å². The highest BCUT2D eigenvalue weighted by Gasteiger charge is 2.21. The molecule has 1 aromatic carbocycles. The van der Waals surface area contributed by atoms with Crippen LogP contribution in [-0.2, 0) is 6.42 Å².